The van der Waals surface area contributed by atoms with Crippen LogP contribution in [0.25, 0.3) is 0 Å². The molecule has 1 N–H and O–H groups in total. The zero-order valence-electron chi connectivity index (χ0n) is 10.2. The minimum atomic E-state index is -0.717. The van der Waals surface area contributed by atoms with Crippen LogP contribution < -0.4 is 5.32 Å². The summed E-state index contributed by atoms with van der Waals surface area (Å²) in [5.41, 5.74) is 0.622. The van der Waals surface area contributed by atoms with Gasteiger partial charge in [0, 0.05) is 28.4 Å². The van der Waals surface area contributed by atoms with Crippen LogP contribution in [0.5, 0.6) is 0 Å². The summed E-state index contributed by atoms with van der Waals surface area (Å²) in [6.07, 6.45) is 2.60. The lowest BCUT2D eigenvalue weighted by molar-refractivity contribution is 0.104. The first-order chi connectivity index (χ1) is 9.56. The van der Waals surface area contributed by atoms with E-state index in [-0.39, 0.29) is 11.5 Å². The minimum Gasteiger partial charge on any atom is -0.359 e. The zero-order chi connectivity index (χ0) is 14.5. The Hall–Kier alpha value is -2.01. The van der Waals surface area contributed by atoms with Gasteiger partial charge in [0.05, 0.1) is 5.69 Å². The van der Waals surface area contributed by atoms with Crippen LogP contribution in [0.15, 0.2) is 59.2 Å². The number of allylic oxidation sites excluding steroid dienone is 1. The molecular weight excluding hydrogens is 328 g/mol. The van der Waals surface area contributed by atoms with Gasteiger partial charge in [-0.1, -0.05) is 15.9 Å². The lowest BCUT2D eigenvalue weighted by Crippen LogP contribution is -1.97. The maximum atomic E-state index is 13.3. The molecule has 102 valence electrons. The normalized spacial score (nSPS) is 10.8. The van der Waals surface area contributed by atoms with Crippen molar-refractivity contribution in [1.82, 2.24) is 0 Å². The van der Waals surface area contributed by atoms with E-state index in [0.717, 1.165) is 16.6 Å². The fraction of sp³-hybridized carbons (Fsp3) is 0. The maximum Gasteiger partial charge on any atom is 0.187 e. The third-order valence-corrected chi connectivity index (χ3v) is 3.06. The standard InChI is InChI=1S/C15H10BrF2NO/c16-11-3-1-10(2-4-11)15(20)7-8-19-14-6-5-12(17)9-13(14)18/h1-9,19H/b8-7+. The van der Waals surface area contributed by atoms with Crippen molar-refractivity contribution in [3.8, 4) is 0 Å². The second kappa shape index (κ2) is 6.43. The molecule has 0 aliphatic heterocycles. The van der Waals surface area contributed by atoms with Gasteiger partial charge in [-0.25, -0.2) is 8.78 Å². The van der Waals surface area contributed by atoms with E-state index in [2.05, 4.69) is 21.2 Å². The lowest BCUT2D eigenvalue weighted by Gasteiger charge is -2.02. The van der Waals surface area contributed by atoms with Crippen LogP contribution in [0.2, 0.25) is 0 Å². The number of halogens is 3. The summed E-state index contributed by atoms with van der Waals surface area (Å²) in [5.74, 6) is -1.58. The van der Waals surface area contributed by atoms with Crippen molar-refractivity contribution in [3.05, 3.63) is 76.4 Å². The summed E-state index contributed by atoms with van der Waals surface area (Å²) in [5, 5.41) is 2.60. The smallest absolute Gasteiger partial charge is 0.187 e. The van der Waals surface area contributed by atoms with Gasteiger partial charge in [0.1, 0.15) is 11.6 Å². The summed E-state index contributed by atoms with van der Waals surface area (Å²) >= 11 is 3.28. The van der Waals surface area contributed by atoms with Crippen molar-refractivity contribution in [2.75, 3.05) is 5.32 Å². The van der Waals surface area contributed by atoms with Crippen molar-refractivity contribution in [1.29, 1.82) is 0 Å². The fourth-order valence-corrected chi connectivity index (χ4v) is 1.79. The van der Waals surface area contributed by atoms with Crippen LogP contribution in [-0.2, 0) is 0 Å². The quantitative estimate of drug-likeness (QED) is 0.655. The Morgan fingerprint density at radius 1 is 1.10 bits per heavy atom. The van der Waals surface area contributed by atoms with E-state index < -0.39 is 11.6 Å². The molecule has 2 nitrogen and oxygen atoms in total. The van der Waals surface area contributed by atoms with E-state index >= 15 is 0 Å². The maximum absolute atomic E-state index is 13.3. The van der Waals surface area contributed by atoms with Crippen molar-refractivity contribution in [3.63, 3.8) is 0 Å². The van der Waals surface area contributed by atoms with E-state index in [1.807, 2.05) is 0 Å². The SMILES string of the molecule is O=C(/C=C/Nc1ccc(F)cc1F)c1ccc(Br)cc1. The second-order valence-electron chi connectivity index (χ2n) is 3.97. The number of anilines is 1. The van der Waals surface area contributed by atoms with Gasteiger partial charge >= 0.3 is 0 Å². The Balaban J connectivity index is 2.02. The number of hydrogen-bond donors (Lipinski definition) is 1. The van der Waals surface area contributed by atoms with Gasteiger partial charge in [-0.2, -0.15) is 0 Å². The predicted octanol–water partition coefficient (Wildman–Crippen LogP) is 4.54. The molecule has 5 heteroatoms. The average molecular weight is 338 g/mol. The van der Waals surface area contributed by atoms with Gasteiger partial charge < -0.3 is 5.32 Å². The molecule has 0 amide bonds. The molecule has 20 heavy (non-hydrogen) atoms. The molecule has 0 aliphatic carbocycles. The summed E-state index contributed by atoms with van der Waals surface area (Å²) in [6, 6.07) is 10.0. The van der Waals surface area contributed by atoms with Gasteiger partial charge in [-0.3, -0.25) is 4.79 Å². The molecule has 0 saturated heterocycles. The Morgan fingerprint density at radius 2 is 1.80 bits per heavy atom. The number of carbonyl (C=O) groups excluding carboxylic acids is 1. The van der Waals surface area contributed by atoms with E-state index in [9.17, 15) is 13.6 Å². The zero-order valence-corrected chi connectivity index (χ0v) is 11.8. The third-order valence-electron chi connectivity index (χ3n) is 2.53. The summed E-state index contributed by atoms with van der Waals surface area (Å²) in [4.78, 5) is 11.8. The summed E-state index contributed by atoms with van der Waals surface area (Å²) < 4.78 is 26.9. The topological polar surface area (TPSA) is 29.1 Å². The number of rotatable bonds is 4. The summed E-state index contributed by atoms with van der Waals surface area (Å²) in [6.45, 7) is 0. The Bertz CT molecular complexity index is 653. The van der Waals surface area contributed by atoms with Crippen molar-refractivity contribution < 1.29 is 13.6 Å². The Kier molecular flexibility index (Phi) is 4.63. The van der Waals surface area contributed by atoms with E-state index in [0.29, 0.717) is 5.56 Å². The van der Waals surface area contributed by atoms with Crippen molar-refractivity contribution in [2.24, 2.45) is 0 Å². The van der Waals surface area contributed by atoms with Crippen molar-refractivity contribution in [2.45, 2.75) is 0 Å². The number of carbonyl (C=O) groups is 1. The molecule has 0 aromatic heterocycles. The molecule has 0 bridgehead atoms. The molecule has 0 fully saturated rings. The summed E-state index contributed by atoms with van der Waals surface area (Å²) in [7, 11) is 0. The lowest BCUT2D eigenvalue weighted by atomic mass is 10.1. The molecule has 0 atom stereocenters. The highest BCUT2D eigenvalue weighted by molar-refractivity contribution is 9.10. The van der Waals surface area contributed by atoms with Gasteiger partial charge in [-0.05, 0) is 36.4 Å². The molecule has 0 saturated carbocycles. The highest BCUT2D eigenvalue weighted by Gasteiger charge is 2.03. The first kappa shape index (κ1) is 14.4. The van der Waals surface area contributed by atoms with Gasteiger partial charge in [-0.15, -0.1) is 0 Å². The monoisotopic (exact) mass is 337 g/mol. The third kappa shape index (κ3) is 3.74. The van der Waals surface area contributed by atoms with Crippen LogP contribution in [0.4, 0.5) is 14.5 Å². The first-order valence-corrected chi connectivity index (χ1v) is 6.53. The van der Waals surface area contributed by atoms with E-state index in [1.54, 1.807) is 24.3 Å². The van der Waals surface area contributed by atoms with E-state index in [1.165, 1.54) is 18.3 Å². The molecule has 2 aromatic carbocycles. The number of benzene rings is 2. The highest BCUT2D eigenvalue weighted by Crippen LogP contribution is 2.15. The van der Waals surface area contributed by atoms with Crippen molar-refractivity contribution >= 4 is 27.4 Å². The minimum absolute atomic E-state index is 0.103. The van der Waals surface area contributed by atoms with Crippen LogP contribution in [-0.4, -0.2) is 5.78 Å². The molecule has 2 rings (SSSR count). The molecule has 0 spiro atoms. The molecule has 2 aromatic rings. The predicted molar refractivity (Wildman–Crippen MR) is 77.6 cm³/mol. The molecule has 0 unspecified atom stereocenters. The molecule has 0 heterocycles. The Labute approximate surface area is 123 Å². The van der Waals surface area contributed by atoms with Crippen LogP contribution >= 0.6 is 15.9 Å². The largest absolute Gasteiger partial charge is 0.359 e. The Morgan fingerprint density at radius 3 is 2.45 bits per heavy atom. The first-order valence-electron chi connectivity index (χ1n) is 5.74. The second-order valence-corrected chi connectivity index (χ2v) is 4.89. The van der Waals surface area contributed by atoms with Gasteiger partial charge in [0.25, 0.3) is 0 Å². The number of hydrogen-bond acceptors (Lipinski definition) is 2. The van der Waals surface area contributed by atoms with Crippen LogP contribution in [0.1, 0.15) is 10.4 Å². The van der Waals surface area contributed by atoms with Gasteiger partial charge in [0.2, 0.25) is 0 Å². The van der Waals surface area contributed by atoms with E-state index in [4.69, 9.17) is 0 Å². The molecular formula is C15H10BrF2NO. The highest BCUT2D eigenvalue weighted by atomic mass is 79.9. The molecule has 0 radical (unpaired) electrons. The van der Waals surface area contributed by atoms with Crippen LogP contribution in [0.3, 0.4) is 0 Å². The number of ketones is 1. The fourth-order valence-electron chi connectivity index (χ4n) is 1.52. The van der Waals surface area contributed by atoms with Crippen LogP contribution in [0, 0.1) is 11.6 Å². The number of nitrogens with one attached hydrogen (secondary N) is 1. The average Bonchev–Trinajstić information content (AvgIpc) is 2.42. The molecule has 0 aliphatic rings. The van der Waals surface area contributed by atoms with Gasteiger partial charge in [0.15, 0.2) is 5.78 Å².